The molecule has 1 amide bonds. The van der Waals surface area contributed by atoms with Crippen molar-refractivity contribution < 1.29 is 19.7 Å². The van der Waals surface area contributed by atoms with Crippen molar-refractivity contribution in [2.75, 3.05) is 6.61 Å². The molecule has 0 saturated heterocycles. The Labute approximate surface area is 145 Å². The largest absolute Gasteiger partial charge is 0.508 e. The first-order valence-electron chi connectivity index (χ1n) is 7.60. The van der Waals surface area contributed by atoms with Gasteiger partial charge < -0.3 is 20.3 Å². The van der Waals surface area contributed by atoms with Gasteiger partial charge in [0.05, 0.1) is 6.04 Å². The molecule has 2 aromatic rings. The van der Waals surface area contributed by atoms with Gasteiger partial charge in [-0.3, -0.25) is 4.79 Å². The second-order valence-corrected chi connectivity index (χ2v) is 5.33. The number of hydrogen-bond acceptors (Lipinski definition) is 5. The van der Waals surface area contributed by atoms with E-state index in [1.807, 2.05) is 13.0 Å². The smallest absolute Gasteiger partial charge is 0.244 e. The molecule has 0 spiro atoms. The predicted molar refractivity (Wildman–Crippen MR) is 92.9 cm³/mol. The number of nitrogens with zero attached hydrogens (tertiary/aromatic N) is 1. The fourth-order valence-electron chi connectivity index (χ4n) is 2.14. The molecule has 1 atom stereocenters. The zero-order valence-electron chi connectivity index (χ0n) is 13.6. The zero-order valence-corrected chi connectivity index (χ0v) is 13.6. The highest BCUT2D eigenvalue weighted by Crippen LogP contribution is 2.27. The van der Waals surface area contributed by atoms with Crippen molar-refractivity contribution in [3.63, 3.8) is 0 Å². The lowest BCUT2D eigenvalue weighted by Crippen LogP contribution is -2.24. The minimum atomic E-state index is -0.284. The summed E-state index contributed by atoms with van der Waals surface area (Å²) in [5.74, 6) is -0.00330. The second kappa shape index (κ2) is 8.41. The molecule has 1 unspecified atom stereocenters. The van der Waals surface area contributed by atoms with Gasteiger partial charge in [0.1, 0.15) is 11.8 Å². The quantitative estimate of drug-likeness (QED) is 0.703. The molecule has 2 rings (SSSR count). The number of amides is 1. The number of hydrogen-bond donors (Lipinski definition) is 3. The number of phenols is 2. The molecule has 0 aliphatic heterocycles. The number of nitrogens with one attached hydrogen (secondary N) is 1. The lowest BCUT2D eigenvalue weighted by molar-refractivity contribution is -0.117. The monoisotopic (exact) mass is 338 g/mol. The summed E-state index contributed by atoms with van der Waals surface area (Å²) in [7, 11) is 0. The number of phenolic OH excluding ortho intramolecular Hbond substituents is 2. The molecule has 0 bridgehead atoms. The van der Waals surface area contributed by atoms with E-state index in [0.29, 0.717) is 5.56 Å². The molecule has 0 radical (unpaired) electrons. The lowest BCUT2D eigenvalue weighted by Gasteiger charge is -2.12. The van der Waals surface area contributed by atoms with Crippen molar-refractivity contribution in [3.8, 4) is 23.3 Å². The Morgan fingerprint density at radius 2 is 2.00 bits per heavy atom. The van der Waals surface area contributed by atoms with E-state index in [1.54, 1.807) is 42.5 Å². The minimum Gasteiger partial charge on any atom is -0.508 e. The van der Waals surface area contributed by atoms with Gasteiger partial charge >= 0.3 is 0 Å². The predicted octanol–water partition coefficient (Wildman–Crippen LogP) is 2.89. The fraction of sp³-hybridized carbons (Fsp3) is 0.158. The Kier molecular flexibility index (Phi) is 6.02. The van der Waals surface area contributed by atoms with Crippen LogP contribution in [0.4, 0.5) is 0 Å². The Balaban J connectivity index is 2.00. The van der Waals surface area contributed by atoms with E-state index in [2.05, 4.69) is 5.32 Å². The minimum absolute atomic E-state index is 0.0715. The van der Waals surface area contributed by atoms with Gasteiger partial charge in [-0.1, -0.05) is 18.2 Å². The van der Waals surface area contributed by atoms with Crippen molar-refractivity contribution in [3.05, 3.63) is 59.7 Å². The number of benzene rings is 2. The normalized spacial score (nSPS) is 11.7. The van der Waals surface area contributed by atoms with E-state index in [0.717, 1.165) is 5.56 Å². The van der Waals surface area contributed by atoms with Crippen LogP contribution in [0.5, 0.6) is 17.2 Å². The summed E-state index contributed by atoms with van der Waals surface area (Å²) in [4.78, 5) is 12.0. The summed E-state index contributed by atoms with van der Waals surface area (Å²) >= 11 is 0. The van der Waals surface area contributed by atoms with E-state index < -0.39 is 0 Å². The van der Waals surface area contributed by atoms with Crippen LogP contribution >= 0.6 is 0 Å². The Morgan fingerprint density at radius 1 is 1.28 bits per heavy atom. The van der Waals surface area contributed by atoms with E-state index in [-0.39, 0.29) is 35.8 Å². The topological polar surface area (TPSA) is 103 Å². The summed E-state index contributed by atoms with van der Waals surface area (Å²) in [6.07, 6.45) is 2.95. The number of carbonyl (C=O) groups is 1. The van der Waals surface area contributed by atoms with Gasteiger partial charge in [0.15, 0.2) is 18.1 Å². The van der Waals surface area contributed by atoms with Crippen LogP contribution in [0.15, 0.2) is 48.5 Å². The fourth-order valence-corrected chi connectivity index (χ4v) is 2.14. The maximum absolute atomic E-state index is 12.0. The van der Waals surface area contributed by atoms with Crippen LogP contribution in [0.3, 0.4) is 0 Å². The first kappa shape index (κ1) is 17.9. The van der Waals surface area contributed by atoms with Crippen molar-refractivity contribution in [1.82, 2.24) is 5.32 Å². The van der Waals surface area contributed by atoms with Crippen LogP contribution in [0.25, 0.3) is 6.08 Å². The first-order chi connectivity index (χ1) is 12.0. The van der Waals surface area contributed by atoms with Gasteiger partial charge in [-0.2, -0.15) is 5.26 Å². The average Bonchev–Trinajstić information content (AvgIpc) is 2.60. The number of carbonyl (C=O) groups excluding carboxylic acids is 1. The van der Waals surface area contributed by atoms with Crippen LogP contribution in [0, 0.1) is 11.3 Å². The van der Waals surface area contributed by atoms with Crippen molar-refractivity contribution in [1.29, 1.82) is 5.26 Å². The van der Waals surface area contributed by atoms with Crippen LogP contribution in [0.1, 0.15) is 24.1 Å². The summed E-state index contributed by atoms with van der Waals surface area (Å²) < 4.78 is 5.10. The maximum Gasteiger partial charge on any atom is 0.244 e. The van der Waals surface area contributed by atoms with E-state index in [4.69, 9.17) is 10.00 Å². The summed E-state index contributed by atoms with van der Waals surface area (Å²) in [5.41, 5.74) is 1.52. The lowest BCUT2D eigenvalue weighted by atomic mass is 10.1. The molecule has 0 saturated carbocycles. The van der Waals surface area contributed by atoms with Crippen LogP contribution < -0.4 is 10.1 Å². The van der Waals surface area contributed by atoms with Crippen molar-refractivity contribution in [2.45, 2.75) is 13.0 Å². The standard InChI is InChI=1S/C19H18N2O4/c1-13(15-4-6-16(22)7-5-15)21-19(24)9-3-14-2-8-17(23)18(12-14)25-11-10-20/h2-9,12-13,22-23H,11H2,1H3,(H,21,24)/b9-3+. The summed E-state index contributed by atoms with van der Waals surface area (Å²) in [6.45, 7) is 1.66. The van der Waals surface area contributed by atoms with Crippen LogP contribution in [-0.2, 0) is 4.79 Å². The molecule has 0 fully saturated rings. The molecule has 0 aromatic heterocycles. The van der Waals surface area contributed by atoms with Gasteiger partial charge in [-0.15, -0.1) is 0 Å². The number of rotatable bonds is 6. The third kappa shape index (κ3) is 5.29. The van der Waals surface area contributed by atoms with Gasteiger partial charge in [-0.25, -0.2) is 0 Å². The SMILES string of the molecule is CC(NC(=O)/C=C/c1ccc(O)c(OCC#N)c1)c1ccc(O)cc1. The van der Waals surface area contributed by atoms with E-state index in [9.17, 15) is 15.0 Å². The summed E-state index contributed by atoms with van der Waals surface area (Å²) in [6, 6.07) is 12.8. The zero-order chi connectivity index (χ0) is 18.2. The van der Waals surface area contributed by atoms with Gasteiger partial charge in [0, 0.05) is 6.08 Å². The van der Waals surface area contributed by atoms with Crippen molar-refractivity contribution in [2.24, 2.45) is 0 Å². The highest BCUT2D eigenvalue weighted by atomic mass is 16.5. The summed E-state index contributed by atoms with van der Waals surface area (Å²) in [5, 5.41) is 30.3. The maximum atomic E-state index is 12.0. The Bertz CT molecular complexity index is 807. The third-order valence-electron chi connectivity index (χ3n) is 3.46. The van der Waals surface area contributed by atoms with E-state index in [1.165, 1.54) is 12.1 Å². The molecule has 6 heteroatoms. The van der Waals surface area contributed by atoms with Gasteiger partial charge in [0.25, 0.3) is 0 Å². The molecule has 0 aliphatic rings. The Hall–Kier alpha value is -3.46. The number of nitriles is 1. The van der Waals surface area contributed by atoms with Crippen LogP contribution in [-0.4, -0.2) is 22.7 Å². The highest BCUT2D eigenvalue weighted by molar-refractivity contribution is 5.92. The molecule has 6 nitrogen and oxygen atoms in total. The molecule has 0 aliphatic carbocycles. The van der Waals surface area contributed by atoms with Crippen LogP contribution in [0.2, 0.25) is 0 Å². The molecule has 0 heterocycles. The van der Waals surface area contributed by atoms with Crippen molar-refractivity contribution >= 4 is 12.0 Å². The molecule has 3 N–H and O–H groups in total. The van der Waals surface area contributed by atoms with E-state index >= 15 is 0 Å². The van der Waals surface area contributed by atoms with Gasteiger partial charge in [0.2, 0.25) is 5.91 Å². The number of ether oxygens (including phenoxy) is 1. The Morgan fingerprint density at radius 3 is 2.68 bits per heavy atom. The van der Waals surface area contributed by atoms with Gasteiger partial charge in [-0.05, 0) is 48.4 Å². The highest BCUT2D eigenvalue weighted by Gasteiger charge is 2.08. The molecular formula is C19H18N2O4. The molecular weight excluding hydrogens is 320 g/mol. The molecule has 25 heavy (non-hydrogen) atoms. The molecule has 2 aromatic carbocycles. The number of aromatic hydroxyl groups is 2. The average molecular weight is 338 g/mol. The first-order valence-corrected chi connectivity index (χ1v) is 7.60. The third-order valence-corrected chi connectivity index (χ3v) is 3.46. The molecule has 128 valence electrons. The second-order valence-electron chi connectivity index (χ2n) is 5.33.